The number of hydrogen-bond acceptors (Lipinski definition) is 6. The molecule has 1 amide bonds. The third kappa shape index (κ3) is 4.69. The molecular weight excluding hydrogens is 332 g/mol. The van der Waals surface area contributed by atoms with Crippen LogP contribution < -0.4 is 15.4 Å². The van der Waals surface area contributed by atoms with Crippen LogP contribution in [0.2, 0.25) is 0 Å². The Labute approximate surface area is 146 Å². The minimum Gasteiger partial charge on any atom is -0.485 e. The van der Waals surface area contributed by atoms with E-state index in [0.29, 0.717) is 23.0 Å². The Morgan fingerprint density at radius 2 is 2.12 bits per heavy atom. The van der Waals surface area contributed by atoms with Gasteiger partial charge in [0.15, 0.2) is 6.61 Å². The van der Waals surface area contributed by atoms with Crippen molar-refractivity contribution in [1.29, 1.82) is 0 Å². The number of hydrogen-bond donors (Lipinski definition) is 2. The van der Waals surface area contributed by atoms with Crippen molar-refractivity contribution in [2.45, 2.75) is 32.4 Å². The van der Waals surface area contributed by atoms with E-state index in [0.717, 1.165) is 25.9 Å². The first-order chi connectivity index (χ1) is 11.2. The number of rotatable bonds is 5. The van der Waals surface area contributed by atoms with E-state index in [4.69, 9.17) is 9.26 Å². The molecule has 0 unspecified atom stereocenters. The van der Waals surface area contributed by atoms with Crippen molar-refractivity contribution in [1.82, 2.24) is 20.8 Å². The van der Waals surface area contributed by atoms with Gasteiger partial charge in [-0.1, -0.05) is 17.3 Å². The number of piperidine rings is 1. The van der Waals surface area contributed by atoms with Gasteiger partial charge < -0.3 is 19.9 Å². The Balaban J connectivity index is 0.00000208. The van der Waals surface area contributed by atoms with Crippen LogP contribution in [0.4, 0.5) is 0 Å². The number of nitrogens with one attached hydrogen (secondary N) is 2. The number of amides is 1. The van der Waals surface area contributed by atoms with Gasteiger partial charge in [0.05, 0.1) is 5.56 Å². The van der Waals surface area contributed by atoms with Crippen molar-refractivity contribution < 1.29 is 14.1 Å². The fourth-order valence-electron chi connectivity index (χ4n) is 2.55. The van der Waals surface area contributed by atoms with Gasteiger partial charge in [-0.3, -0.25) is 4.79 Å². The summed E-state index contributed by atoms with van der Waals surface area (Å²) in [5.74, 6) is 1.34. The summed E-state index contributed by atoms with van der Waals surface area (Å²) in [5.41, 5.74) is 0.520. The molecule has 1 aromatic heterocycles. The molecule has 1 aliphatic heterocycles. The Hall–Kier alpha value is -2.12. The van der Waals surface area contributed by atoms with Crippen molar-refractivity contribution in [2.24, 2.45) is 0 Å². The fraction of sp³-hybridized carbons (Fsp3) is 0.438. The summed E-state index contributed by atoms with van der Waals surface area (Å²) < 4.78 is 10.6. The summed E-state index contributed by atoms with van der Waals surface area (Å²) in [7, 11) is 0. The van der Waals surface area contributed by atoms with Crippen molar-refractivity contribution >= 4 is 18.3 Å². The summed E-state index contributed by atoms with van der Waals surface area (Å²) in [6, 6.07) is 7.38. The van der Waals surface area contributed by atoms with Gasteiger partial charge in [0.2, 0.25) is 11.7 Å². The molecule has 0 bridgehead atoms. The van der Waals surface area contributed by atoms with Crippen LogP contribution in [0.3, 0.4) is 0 Å². The van der Waals surface area contributed by atoms with Gasteiger partial charge in [-0.2, -0.15) is 4.98 Å². The van der Waals surface area contributed by atoms with E-state index in [1.165, 1.54) is 0 Å². The molecular formula is C16H21ClN4O3. The van der Waals surface area contributed by atoms with Crippen molar-refractivity contribution in [3.8, 4) is 5.75 Å². The number of ether oxygens (including phenoxy) is 1. The molecule has 0 saturated carbocycles. The lowest BCUT2D eigenvalue weighted by Crippen LogP contribution is -2.42. The Morgan fingerprint density at radius 3 is 2.83 bits per heavy atom. The van der Waals surface area contributed by atoms with Gasteiger partial charge in [0.25, 0.3) is 5.91 Å². The van der Waals surface area contributed by atoms with Crippen molar-refractivity contribution in [2.75, 3.05) is 13.1 Å². The van der Waals surface area contributed by atoms with E-state index >= 15 is 0 Å². The molecule has 7 nitrogen and oxygen atoms in total. The van der Waals surface area contributed by atoms with Gasteiger partial charge >= 0.3 is 0 Å². The van der Waals surface area contributed by atoms with Gasteiger partial charge in [-0.15, -0.1) is 12.4 Å². The molecule has 2 heterocycles. The van der Waals surface area contributed by atoms with E-state index in [1.54, 1.807) is 19.1 Å². The molecule has 2 aromatic rings. The maximum absolute atomic E-state index is 12.5. The highest BCUT2D eigenvalue weighted by atomic mass is 35.5. The molecule has 1 fully saturated rings. The number of nitrogens with zero attached hydrogens (tertiary/aromatic N) is 2. The monoisotopic (exact) mass is 352 g/mol. The number of carbonyl (C=O) groups is 1. The Morgan fingerprint density at radius 1 is 1.38 bits per heavy atom. The average Bonchev–Trinajstić information content (AvgIpc) is 2.99. The van der Waals surface area contributed by atoms with Crippen LogP contribution >= 0.6 is 12.4 Å². The molecule has 1 aromatic carbocycles. The highest BCUT2D eigenvalue weighted by molar-refractivity contribution is 5.97. The summed E-state index contributed by atoms with van der Waals surface area (Å²) in [6.45, 7) is 3.74. The molecule has 1 saturated heterocycles. The normalized spacial score (nSPS) is 14.7. The van der Waals surface area contributed by atoms with Crippen LogP contribution in [0.25, 0.3) is 0 Å². The lowest BCUT2D eigenvalue weighted by molar-refractivity contribution is 0.0925. The summed E-state index contributed by atoms with van der Waals surface area (Å²) >= 11 is 0. The van der Waals surface area contributed by atoms with Crippen LogP contribution in [0.15, 0.2) is 28.8 Å². The molecule has 3 rings (SSSR count). The van der Waals surface area contributed by atoms with E-state index < -0.39 is 0 Å². The first-order valence-corrected chi connectivity index (χ1v) is 7.75. The van der Waals surface area contributed by atoms with E-state index in [9.17, 15) is 4.79 Å². The van der Waals surface area contributed by atoms with Gasteiger partial charge in [0.1, 0.15) is 5.75 Å². The molecule has 0 aliphatic carbocycles. The predicted octanol–water partition coefficient (Wildman–Crippen LogP) is 1.86. The number of para-hydroxylation sites is 1. The number of aryl methyl sites for hydroxylation is 1. The average molecular weight is 353 g/mol. The van der Waals surface area contributed by atoms with Crippen molar-refractivity contribution in [3.63, 3.8) is 0 Å². The number of halogens is 1. The Bertz CT molecular complexity index is 671. The second-order valence-electron chi connectivity index (χ2n) is 5.51. The largest absolute Gasteiger partial charge is 0.485 e. The predicted molar refractivity (Wildman–Crippen MR) is 90.4 cm³/mol. The van der Waals surface area contributed by atoms with Crippen LogP contribution in [0.5, 0.6) is 5.75 Å². The fourth-order valence-corrected chi connectivity index (χ4v) is 2.55. The van der Waals surface area contributed by atoms with Crippen LogP contribution in [0.1, 0.15) is 34.9 Å². The highest BCUT2D eigenvalue weighted by Crippen LogP contribution is 2.19. The maximum Gasteiger partial charge on any atom is 0.255 e. The third-order valence-electron chi connectivity index (χ3n) is 3.73. The summed E-state index contributed by atoms with van der Waals surface area (Å²) in [4.78, 5) is 16.6. The Kier molecular flexibility index (Phi) is 6.57. The molecule has 2 N–H and O–H groups in total. The minimum absolute atomic E-state index is 0. The van der Waals surface area contributed by atoms with Crippen molar-refractivity contribution in [3.05, 3.63) is 41.5 Å². The molecule has 130 valence electrons. The van der Waals surface area contributed by atoms with Gasteiger partial charge in [-0.05, 0) is 38.1 Å². The summed E-state index contributed by atoms with van der Waals surface area (Å²) in [6.07, 6.45) is 1.88. The van der Waals surface area contributed by atoms with Crippen LogP contribution in [-0.4, -0.2) is 35.2 Å². The topological polar surface area (TPSA) is 89.3 Å². The molecule has 1 aliphatic rings. The molecule has 24 heavy (non-hydrogen) atoms. The number of aromatic nitrogens is 2. The molecule has 0 atom stereocenters. The van der Waals surface area contributed by atoms with Crippen LogP contribution in [-0.2, 0) is 6.61 Å². The lowest BCUT2D eigenvalue weighted by Gasteiger charge is -2.24. The van der Waals surface area contributed by atoms with Crippen LogP contribution in [0, 0.1) is 6.92 Å². The lowest BCUT2D eigenvalue weighted by atomic mass is 10.1. The maximum atomic E-state index is 12.5. The van der Waals surface area contributed by atoms with Gasteiger partial charge in [-0.25, -0.2) is 0 Å². The highest BCUT2D eigenvalue weighted by Gasteiger charge is 2.19. The molecule has 8 heteroatoms. The SMILES string of the molecule is Cc1nc(COc2ccccc2C(=O)NC2CCNCC2)no1.Cl. The first-order valence-electron chi connectivity index (χ1n) is 7.75. The second kappa shape index (κ2) is 8.65. The quantitative estimate of drug-likeness (QED) is 0.853. The number of benzene rings is 1. The minimum atomic E-state index is -0.114. The zero-order chi connectivity index (χ0) is 16.1. The van der Waals surface area contributed by atoms with E-state index in [1.807, 2.05) is 12.1 Å². The first kappa shape index (κ1) is 18.2. The van der Waals surface area contributed by atoms with E-state index in [-0.39, 0.29) is 31.0 Å². The smallest absolute Gasteiger partial charge is 0.255 e. The summed E-state index contributed by atoms with van der Waals surface area (Å²) in [5, 5.41) is 10.1. The second-order valence-corrected chi connectivity index (χ2v) is 5.51. The van der Waals surface area contributed by atoms with Gasteiger partial charge in [0, 0.05) is 13.0 Å². The standard InChI is InChI=1S/C16H20N4O3.ClH/c1-11-18-15(20-23-11)10-22-14-5-3-2-4-13(14)16(21)19-12-6-8-17-9-7-12;/h2-5,12,17H,6-10H2,1H3,(H,19,21);1H. The molecule has 0 spiro atoms. The number of carbonyl (C=O) groups excluding carboxylic acids is 1. The zero-order valence-electron chi connectivity index (χ0n) is 13.4. The zero-order valence-corrected chi connectivity index (χ0v) is 14.3. The van der Waals surface area contributed by atoms with E-state index in [2.05, 4.69) is 20.8 Å². The molecule has 0 radical (unpaired) electrons. The third-order valence-corrected chi connectivity index (χ3v) is 3.73.